The van der Waals surface area contributed by atoms with Crippen molar-refractivity contribution in [2.75, 3.05) is 6.54 Å². The number of aromatic nitrogens is 4. The van der Waals surface area contributed by atoms with Crippen molar-refractivity contribution in [3.63, 3.8) is 0 Å². The van der Waals surface area contributed by atoms with Gasteiger partial charge in [-0.05, 0) is 18.6 Å². The van der Waals surface area contributed by atoms with Gasteiger partial charge < -0.3 is 5.32 Å². The van der Waals surface area contributed by atoms with Crippen LogP contribution in [0.15, 0.2) is 47.7 Å². The number of nitrogens with zero attached hydrogens (tertiary/aromatic N) is 4. The molecule has 3 aromatic rings. The molecule has 3 rings (SSSR count). The lowest BCUT2D eigenvalue weighted by Crippen LogP contribution is -2.28. The number of nitrogens with one attached hydrogen (secondary N) is 1. The number of carbonyl (C=O) groups is 1. The lowest BCUT2D eigenvalue weighted by atomic mass is 10.3. The predicted molar refractivity (Wildman–Crippen MR) is 95.7 cm³/mol. The molecule has 0 unspecified atom stereocenters. The Kier molecular flexibility index (Phi) is 5.23. The van der Waals surface area contributed by atoms with Gasteiger partial charge in [0.25, 0.3) is 5.56 Å². The number of rotatable bonds is 7. The number of aryl methyl sites for hydroxylation is 1. The Labute approximate surface area is 145 Å². The normalized spacial score (nSPS) is 10.9. The molecule has 1 N–H and O–H groups in total. The molecule has 7 nitrogen and oxygen atoms in total. The van der Waals surface area contributed by atoms with Crippen molar-refractivity contribution >= 4 is 16.9 Å². The van der Waals surface area contributed by atoms with Gasteiger partial charge in [-0.2, -0.15) is 5.10 Å². The smallest absolute Gasteiger partial charge is 0.264 e. The van der Waals surface area contributed by atoms with E-state index in [1.54, 1.807) is 4.68 Å². The molecule has 0 aliphatic heterocycles. The fourth-order valence-electron chi connectivity index (χ4n) is 2.58. The van der Waals surface area contributed by atoms with Gasteiger partial charge in [-0.1, -0.05) is 31.5 Å². The van der Waals surface area contributed by atoms with Crippen LogP contribution in [0.3, 0.4) is 0 Å². The molecule has 130 valence electrons. The summed E-state index contributed by atoms with van der Waals surface area (Å²) in [7, 11) is 0. The van der Waals surface area contributed by atoms with Crippen LogP contribution in [0.4, 0.5) is 0 Å². The van der Waals surface area contributed by atoms with Crippen LogP contribution in [-0.4, -0.2) is 31.8 Å². The Bertz CT molecular complexity index is 914. The molecule has 7 heteroatoms. The molecule has 0 saturated carbocycles. The largest absolute Gasteiger partial charge is 0.356 e. The van der Waals surface area contributed by atoms with Crippen LogP contribution in [0, 0.1) is 0 Å². The summed E-state index contributed by atoms with van der Waals surface area (Å²) < 4.78 is 3.09. The average Bonchev–Trinajstić information content (AvgIpc) is 3.07. The average molecular weight is 339 g/mol. The van der Waals surface area contributed by atoms with E-state index < -0.39 is 0 Å². The Morgan fingerprint density at radius 3 is 2.80 bits per heavy atom. The quantitative estimate of drug-likeness (QED) is 0.667. The van der Waals surface area contributed by atoms with Gasteiger partial charge in [0.1, 0.15) is 5.39 Å². The number of carbonyl (C=O) groups excluding carboxylic acids is 1. The van der Waals surface area contributed by atoms with Crippen LogP contribution < -0.4 is 10.9 Å². The van der Waals surface area contributed by atoms with E-state index in [0.29, 0.717) is 24.1 Å². The minimum Gasteiger partial charge on any atom is -0.356 e. The topological polar surface area (TPSA) is 81.8 Å². The number of para-hydroxylation sites is 1. The lowest BCUT2D eigenvalue weighted by Gasteiger charge is -2.07. The monoisotopic (exact) mass is 339 g/mol. The van der Waals surface area contributed by atoms with Crippen LogP contribution in [0.25, 0.3) is 16.7 Å². The van der Waals surface area contributed by atoms with Gasteiger partial charge in [0.2, 0.25) is 5.91 Å². The maximum Gasteiger partial charge on any atom is 0.264 e. The molecule has 0 bridgehead atoms. The first-order chi connectivity index (χ1) is 12.2. The summed E-state index contributed by atoms with van der Waals surface area (Å²) in [6, 6.07) is 9.53. The summed E-state index contributed by atoms with van der Waals surface area (Å²) in [6.45, 7) is 3.05. The molecule has 1 aromatic carbocycles. The van der Waals surface area contributed by atoms with E-state index in [4.69, 9.17) is 0 Å². The Balaban J connectivity index is 1.77. The number of unbranched alkanes of at least 4 members (excludes halogenated alkanes) is 1. The third-order valence-electron chi connectivity index (χ3n) is 3.99. The fraction of sp³-hybridized carbons (Fsp3) is 0.333. The van der Waals surface area contributed by atoms with Gasteiger partial charge in [0.15, 0.2) is 5.65 Å². The highest BCUT2D eigenvalue weighted by atomic mass is 16.1. The van der Waals surface area contributed by atoms with Gasteiger partial charge in [0, 0.05) is 19.5 Å². The van der Waals surface area contributed by atoms with E-state index in [2.05, 4.69) is 22.3 Å². The molecule has 2 aromatic heterocycles. The Morgan fingerprint density at radius 2 is 2.04 bits per heavy atom. The van der Waals surface area contributed by atoms with Crippen molar-refractivity contribution in [3.8, 4) is 5.69 Å². The molecule has 0 saturated heterocycles. The first kappa shape index (κ1) is 16.9. The molecule has 0 spiro atoms. The molecular formula is C18H21N5O2. The second-order valence-electron chi connectivity index (χ2n) is 5.83. The SMILES string of the molecule is CCCCNC(=O)CCn1cnc2c(cnn2-c2ccccc2)c1=O. The van der Waals surface area contributed by atoms with Crippen molar-refractivity contribution in [2.24, 2.45) is 0 Å². The number of hydrogen-bond acceptors (Lipinski definition) is 4. The van der Waals surface area contributed by atoms with Crippen LogP contribution in [-0.2, 0) is 11.3 Å². The molecule has 0 fully saturated rings. The summed E-state index contributed by atoms with van der Waals surface area (Å²) in [5, 5.41) is 7.56. The van der Waals surface area contributed by atoms with Gasteiger partial charge in [-0.25, -0.2) is 9.67 Å². The Morgan fingerprint density at radius 1 is 1.24 bits per heavy atom. The van der Waals surface area contributed by atoms with Crippen molar-refractivity contribution in [3.05, 3.63) is 53.2 Å². The highest BCUT2D eigenvalue weighted by molar-refractivity contribution is 5.76. The molecule has 0 radical (unpaired) electrons. The standard InChI is InChI=1S/C18H21N5O2/c1-2-3-10-19-16(24)9-11-22-13-20-17-15(18(22)25)12-21-23(17)14-7-5-4-6-8-14/h4-8,12-13H,2-3,9-11H2,1H3,(H,19,24). The zero-order chi connectivity index (χ0) is 17.6. The molecule has 2 heterocycles. The minimum atomic E-state index is -0.187. The summed E-state index contributed by atoms with van der Waals surface area (Å²) >= 11 is 0. The molecule has 0 atom stereocenters. The predicted octanol–water partition coefficient (Wildman–Crippen LogP) is 1.89. The zero-order valence-corrected chi connectivity index (χ0v) is 14.2. The molecule has 25 heavy (non-hydrogen) atoms. The molecule has 1 amide bonds. The van der Waals surface area contributed by atoms with E-state index >= 15 is 0 Å². The van der Waals surface area contributed by atoms with E-state index in [1.165, 1.54) is 17.1 Å². The van der Waals surface area contributed by atoms with Gasteiger partial charge in [0.05, 0.1) is 18.2 Å². The molecule has 0 aliphatic carbocycles. The minimum absolute atomic E-state index is 0.0552. The van der Waals surface area contributed by atoms with Crippen molar-refractivity contribution < 1.29 is 4.79 Å². The number of hydrogen-bond donors (Lipinski definition) is 1. The second-order valence-corrected chi connectivity index (χ2v) is 5.83. The third kappa shape index (κ3) is 3.76. The Hall–Kier alpha value is -2.96. The second kappa shape index (κ2) is 7.74. The first-order valence-corrected chi connectivity index (χ1v) is 8.46. The number of fused-ring (bicyclic) bond motifs is 1. The summed E-state index contributed by atoms with van der Waals surface area (Å²) in [5.41, 5.74) is 1.17. The van der Waals surface area contributed by atoms with Crippen molar-refractivity contribution in [2.45, 2.75) is 32.7 Å². The van der Waals surface area contributed by atoms with Crippen molar-refractivity contribution in [1.29, 1.82) is 0 Å². The highest BCUT2D eigenvalue weighted by Crippen LogP contribution is 2.12. The van der Waals surface area contributed by atoms with Crippen LogP contribution in [0.2, 0.25) is 0 Å². The summed E-state index contributed by atoms with van der Waals surface area (Å²) in [4.78, 5) is 28.7. The molecular weight excluding hydrogens is 318 g/mol. The highest BCUT2D eigenvalue weighted by Gasteiger charge is 2.12. The summed E-state index contributed by atoms with van der Waals surface area (Å²) in [6.07, 6.45) is 5.24. The van der Waals surface area contributed by atoms with E-state index in [-0.39, 0.29) is 17.9 Å². The molecule has 0 aliphatic rings. The fourth-order valence-corrected chi connectivity index (χ4v) is 2.58. The van der Waals surface area contributed by atoms with E-state index in [9.17, 15) is 9.59 Å². The van der Waals surface area contributed by atoms with Crippen molar-refractivity contribution in [1.82, 2.24) is 24.6 Å². The van der Waals surface area contributed by atoms with Gasteiger partial charge >= 0.3 is 0 Å². The number of amides is 1. The summed E-state index contributed by atoms with van der Waals surface area (Å²) in [5.74, 6) is -0.0552. The third-order valence-corrected chi connectivity index (χ3v) is 3.99. The van der Waals surface area contributed by atoms with E-state index in [0.717, 1.165) is 18.5 Å². The van der Waals surface area contributed by atoms with Gasteiger partial charge in [-0.15, -0.1) is 0 Å². The van der Waals surface area contributed by atoms with Crippen LogP contribution in [0.1, 0.15) is 26.2 Å². The lowest BCUT2D eigenvalue weighted by molar-refractivity contribution is -0.121. The number of benzene rings is 1. The maximum absolute atomic E-state index is 12.6. The maximum atomic E-state index is 12.6. The van der Waals surface area contributed by atoms with Crippen LogP contribution >= 0.6 is 0 Å². The van der Waals surface area contributed by atoms with Crippen LogP contribution in [0.5, 0.6) is 0 Å². The zero-order valence-electron chi connectivity index (χ0n) is 14.2. The van der Waals surface area contributed by atoms with E-state index in [1.807, 2.05) is 30.3 Å². The first-order valence-electron chi connectivity index (χ1n) is 8.46. The van der Waals surface area contributed by atoms with Gasteiger partial charge in [-0.3, -0.25) is 14.2 Å².